The van der Waals surface area contributed by atoms with Crippen molar-refractivity contribution in [2.75, 3.05) is 7.11 Å². The number of methoxy groups -OCH3 is 1. The van der Waals surface area contributed by atoms with Crippen LogP contribution in [0.2, 0.25) is 0 Å². The molecule has 1 rings (SSSR count). The second-order valence-electron chi connectivity index (χ2n) is 3.01. The molecule has 0 spiro atoms. The van der Waals surface area contributed by atoms with E-state index in [1.807, 2.05) is 12.1 Å². The van der Waals surface area contributed by atoms with Crippen molar-refractivity contribution in [3.8, 4) is 5.75 Å². The number of para-hydroxylation sites is 1. The molecule has 0 unspecified atom stereocenters. The molecule has 1 heteroatoms. The monoisotopic (exact) mass is 177 g/mol. The first-order chi connectivity index (χ1) is 6.33. The van der Waals surface area contributed by atoms with Crippen LogP contribution in [0.15, 0.2) is 24.3 Å². The van der Waals surface area contributed by atoms with Crippen LogP contribution in [0.5, 0.6) is 5.75 Å². The zero-order valence-electron chi connectivity index (χ0n) is 8.63. The van der Waals surface area contributed by atoms with Crippen molar-refractivity contribution in [3.05, 3.63) is 35.7 Å². The quantitative estimate of drug-likeness (QED) is 0.684. The molecule has 1 nitrogen and oxygen atoms in total. The third-order valence-corrected chi connectivity index (χ3v) is 2.34. The van der Waals surface area contributed by atoms with E-state index < -0.39 is 0 Å². The second kappa shape index (κ2) is 4.90. The minimum atomic E-state index is 0.987. The molecule has 0 aliphatic carbocycles. The van der Waals surface area contributed by atoms with Crippen molar-refractivity contribution in [1.82, 2.24) is 0 Å². The van der Waals surface area contributed by atoms with Crippen LogP contribution in [-0.4, -0.2) is 7.11 Å². The van der Waals surface area contributed by atoms with Gasteiger partial charge in [-0.25, -0.2) is 0 Å². The van der Waals surface area contributed by atoms with E-state index in [4.69, 9.17) is 4.74 Å². The molecule has 0 aliphatic rings. The van der Waals surface area contributed by atoms with Crippen LogP contribution in [0, 0.1) is 5.92 Å². The van der Waals surface area contributed by atoms with E-state index in [1.54, 1.807) is 7.11 Å². The minimum Gasteiger partial charge on any atom is -0.496 e. The summed E-state index contributed by atoms with van der Waals surface area (Å²) in [6.45, 7) is 4.37. The van der Waals surface area contributed by atoms with Crippen molar-refractivity contribution < 1.29 is 4.74 Å². The fraction of sp³-hybridized carbons (Fsp3) is 0.417. The third kappa shape index (κ3) is 2.24. The van der Waals surface area contributed by atoms with E-state index in [2.05, 4.69) is 26.0 Å². The Hall–Kier alpha value is -0.980. The number of hydrogen-bond donors (Lipinski definition) is 0. The maximum atomic E-state index is 5.31. The minimum absolute atomic E-state index is 0.987. The fourth-order valence-electron chi connectivity index (χ4n) is 1.57. The highest BCUT2D eigenvalue weighted by atomic mass is 16.5. The Balaban J connectivity index is 2.96. The van der Waals surface area contributed by atoms with Gasteiger partial charge in [-0.1, -0.05) is 32.0 Å². The summed E-state index contributed by atoms with van der Waals surface area (Å²) in [5, 5.41) is 0. The van der Waals surface area contributed by atoms with Gasteiger partial charge in [0, 0.05) is 11.5 Å². The summed E-state index contributed by atoms with van der Waals surface area (Å²) in [5.41, 5.74) is 1.26. The lowest BCUT2D eigenvalue weighted by Gasteiger charge is -2.15. The average molecular weight is 177 g/mol. The van der Waals surface area contributed by atoms with Gasteiger partial charge in [-0.3, -0.25) is 0 Å². The van der Waals surface area contributed by atoms with Gasteiger partial charge in [0.1, 0.15) is 5.75 Å². The molecular formula is C12H17O. The number of rotatable bonds is 4. The molecule has 0 heterocycles. The molecule has 1 radical (unpaired) electrons. The molecule has 0 bridgehead atoms. The maximum absolute atomic E-state index is 5.31. The van der Waals surface area contributed by atoms with Crippen LogP contribution >= 0.6 is 0 Å². The fourth-order valence-corrected chi connectivity index (χ4v) is 1.57. The molecule has 71 valence electrons. The van der Waals surface area contributed by atoms with Gasteiger partial charge in [-0.2, -0.15) is 0 Å². The van der Waals surface area contributed by atoms with Gasteiger partial charge in [0.25, 0.3) is 0 Å². The molecule has 0 saturated heterocycles. The van der Waals surface area contributed by atoms with Gasteiger partial charge < -0.3 is 4.74 Å². The first kappa shape index (κ1) is 10.1. The Bertz CT molecular complexity index is 251. The van der Waals surface area contributed by atoms with E-state index in [0.717, 1.165) is 18.6 Å². The normalized spacial score (nSPS) is 10.5. The van der Waals surface area contributed by atoms with Crippen LogP contribution in [0.1, 0.15) is 32.3 Å². The number of benzene rings is 1. The van der Waals surface area contributed by atoms with E-state index in [0.29, 0.717) is 0 Å². The summed E-state index contributed by atoms with van der Waals surface area (Å²) >= 11 is 0. The molecule has 0 atom stereocenters. The smallest absolute Gasteiger partial charge is 0.122 e. The summed E-state index contributed by atoms with van der Waals surface area (Å²) in [7, 11) is 1.72. The largest absolute Gasteiger partial charge is 0.496 e. The SMILES string of the molecule is CC[C](CC)c1ccccc1OC. The van der Waals surface area contributed by atoms with Crippen LogP contribution < -0.4 is 4.74 Å². The van der Waals surface area contributed by atoms with Crippen LogP contribution in [0.4, 0.5) is 0 Å². The van der Waals surface area contributed by atoms with E-state index in [-0.39, 0.29) is 0 Å². The van der Waals surface area contributed by atoms with Gasteiger partial charge in [-0.05, 0) is 18.9 Å². The molecule has 1 aromatic carbocycles. The highest BCUT2D eigenvalue weighted by Gasteiger charge is 2.11. The summed E-state index contributed by atoms with van der Waals surface area (Å²) in [5.74, 6) is 2.44. The van der Waals surface area contributed by atoms with Crippen molar-refractivity contribution >= 4 is 0 Å². The predicted molar refractivity (Wildman–Crippen MR) is 55.9 cm³/mol. The topological polar surface area (TPSA) is 9.23 Å². The van der Waals surface area contributed by atoms with Gasteiger partial charge in [0.05, 0.1) is 7.11 Å². The van der Waals surface area contributed by atoms with E-state index in [1.165, 1.54) is 11.5 Å². The molecule has 0 amide bonds. The van der Waals surface area contributed by atoms with Crippen LogP contribution in [-0.2, 0) is 0 Å². The highest BCUT2D eigenvalue weighted by Crippen LogP contribution is 2.29. The lowest BCUT2D eigenvalue weighted by atomic mass is 9.93. The highest BCUT2D eigenvalue weighted by molar-refractivity contribution is 5.43. The van der Waals surface area contributed by atoms with Crippen LogP contribution in [0.25, 0.3) is 0 Å². The zero-order valence-corrected chi connectivity index (χ0v) is 8.63. The van der Waals surface area contributed by atoms with Crippen molar-refractivity contribution in [2.24, 2.45) is 0 Å². The Morgan fingerprint density at radius 3 is 2.31 bits per heavy atom. The Labute approximate surface area is 80.7 Å². The molecule has 0 N–H and O–H groups in total. The molecule has 0 aromatic heterocycles. The predicted octanol–water partition coefficient (Wildman–Crippen LogP) is 3.44. The molecule has 1 aromatic rings. The van der Waals surface area contributed by atoms with Gasteiger partial charge in [0.15, 0.2) is 0 Å². The summed E-state index contributed by atoms with van der Waals surface area (Å²) in [6.07, 6.45) is 2.19. The summed E-state index contributed by atoms with van der Waals surface area (Å²) < 4.78 is 5.31. The lowest BCUT2D eigenvalue weighted by Crippen LogP contribution is -1.99. The van der Waals surface area contributed by atoms with Crippen molar-refractivity contribution in [2.45, 2.75) is 26.7 Å². The standard InChI is InChI=1S/C12H17O/c1-4-10(5-2)11-8-6-7-9-12(11)13-3/h6-9H,4-5H2,1-3H3. The summed E-state index contributed by atoms with van der Waals surface area (Å²) in [4.78, 5) is 0. The Morgan fingerprint density at radius 1 is 1.15 bits per heavy atom. The summed E-state index contributed by atoms with van der Waals surface area (Å²) in [6, 6.07) is 8.20. The van der Waals surface area contributed by atoms with Crippen molar-refractivity contribution in [3.63, 3.8) is 0 Å². The number of hydrogen-bond acceptors (Lipinski definition) is 1. The molecule has 0 aliphatic heterocycles. The maximum Gasteiger partial charge on any atom is 0.122 e. The third-order valence-electron chi connectivity index (χ3n) is 2.34. The van der Waals surface area contributed by atoms with E-state index >= 15 is 0 Å². The molecule has 0 fully saturated rings. The zero-order chi connectivity index (χ0) is 9.68. The molecule has 13 heavy (non-hydrogen) atoms. The van der Waals surface area contributed by atoms with Gasteiger partial charge in [-0.15, -0.1) is 0 Å². The lowest BCUT2D eigenvalue weighted by molar-refractivity contribution is 0.410. The van der Waals surface area contributed by atoms with Crippen LogP contribution in [0.3, 0.4) is 0 Å². The Morgan fingerprint density at radius 2 is 1.77 bits per heavy atom. The molecule has 0 saturated carbocycles. The average Bonchev–Trinajstić information content (AvgIpc) is 2.20. The Kier molecular flexibility index (Phi) is 3.81. The van der Waals surface area contributed by atoms with Gasteiger partial charge >= 0.3 is 0 Å². The first-order valence-corrected chi connectivity index (χ1v) is 4.81. The molecular weight excluding hydrogens is 160 g/mol. The number of ether oxygens (including phenoxy) is 1. The first-order valence-electron chi connectivity index (χ1n) is 4.81. The van der Waals surface area contributed by atoms with Gasteiger partial charge in [0.2, 0.25) is 0 Å². The van der Waals surface area contributed by atoms with E-state index in [9.17, 15) is 0 Å². The van der Waals surface area contributed by atoms with Crippen molar-refractivity contribution in [1.29, 1.82) is 0 Å². The second-order valence-corrected chi connectivity index (χ2v) is 3.01.